The average molecular weight is 381 g/mol. The van der Waals surface area contributed by atoms with E-state index in [2.05, 4.69) is 0 Å². The molecule has 5 nitrogen and oxygen atoms in total. The first-order valence-electron chi connectivity index (χ1n) is 10.6. The third-order valence-corrected chi connectivity index (χ3v) is 5.79. The minimum absolute atomic E-state index is 0.262. The van der Waals surface area contributed by atoms with E-state index in [1.54, 1.807) is 0 Å². The Morgan fingerprint density at radius 2 is 1.00 bits per heavy atom. The number of carbonyl (C=O) groups is 2. The minimum Gasteiger partial charge on any atom is -0.381 e. The Balaban J connectivity index is 1.62. The van der Waals surface area contributed by atoms with Crippen LogP contribution in [0.4, 0.5) is 0 Å². The highest BCUT2D eigenvalue weighted by Crippen LogP contribution is 2.26. The van der Waals surface area contributed by atoms with E-state index >= 15 is 0 Å². The van der Waals surface area contributed by atoms with Crippen molar-refractivity contribution in [2.75, 3.05) is 39.4 Å². The average Bonchev–Trinajstić information content (AvgIpc) is 2.60. The molecule has 0 atom stereocenters. The number of piperidine rings is 2. The normalized spacial score (nSPS) is 20.8. The molecule has 5 heteroatoms. The largest absolute Gasteiger partial charge is 0.381 e. The summed E-state index contributed by atoms with van der Waals surface area (Å²) in [4.78, 5) is 28.7. The number of amides is 2. The monoisotopic (exact) mass is 380 g/mol. The second kappa shape index (κ2) is 8.93. The molecular weight excluding hydrogens is 340 g/mol. The van der Waals surface area contributed by atoms with Crippen molar-refractivity contribution in [2.45, 2.75) is 67.2 Å². The molecule has 0 radical (unpaired) electrons. The number of rotatable bonds is 4. The van der Waals surface area contributed by atoms with Gasteiger partial charge in [0.15, 0.2) is 0 Å². The van der Waals surface area contributed by atoms with E-state index in [-0.39, 0.29) is 22.6 Å². The van der Waals surface area contributed by atoms with Gasteiger partial charge in [0.1, 0.15) is 0 Å². The molecule has 2 saturated heterocycles. The number of likely N-dealkylation sites (tertiary alicyclic amines) is 2. The molecule has 0 aromatic carbocycles. The van der Waals surface area contributed by atoms with Crippen molar-refractivity contribution in [1.29, 1.82) is 0 Å². The molecule has 2 amide bonds. The number of carbonyl (C=O) groups excluding carboxylic acids is 2. The second-order valence-corrected chi connectivity index (χ2v) is 10.5. The van der Waals surface area contributed by atoms with Gasteiger partial charge in [0.2, 0.25) is 11.8 Å². The van der Waals surface area contributed by atoms with Crippen LogP contribution in [-0.4, -0.2) is 61.0 Å². The van der Waals surface area contributed by atoms with Gasteiger partial charge in [-0.15, -0.1) is 0 Å². The molecule has 0 N–H and O–H groups in total. The van der Waals surface area contributed by atoms with Crippen molar-refractivity contribution in [1.82, 2.24) is 9.80 Å². The zero-order valence-corrected chi connectivity index (χ0v) is 18.3. The molecule has 2 heterocycles. The quantitative estimate of drug-likeness (QED) is 0.749. The van der Waals surface area contributed by atoms with Crippen molar-refractivity contribution in [3.05, 3.63) is 0 Å². The summed E-state index contributed by atoms with van der Waals surface area (Å²) in [7, 11) is 0. The van der Waals surface area contributed by atoms with Crippen molar-refractivity contribution in [3.63, 3.8) is 0 Å². The first-order chi connectivity index (χ1) is 12.5. The Morgan fingerprint density at radius 3 is 1.26 bits per heavy atom. The molecule has 0 aliphatic carbocycles. The van der Waals surface area contributed by atoms with E-state index in [9.17, 15) is 9.59 Å². The number of hydrogen-bond donors (Lipinski definition) is 0. The summed E-state index contributed by atoms with van der Waals surface area (Å²) in [6.45, 7) is 17.0. The molecule has 0 unspecified atom stereocenters. The van der Waals surface area contributed by atoms with Gasteiger partial charge in [0, 0.05) is 50.2 Å². The maximum atomic E-state index is 12.3. The fraction of sp³-hybridized carbons (Fsp3) is 0.909. The van der Waals surface area contributed by atoms with Gasteiger partial charge in [0.25, 0.3) is 0 Å². The van der Waals surface area contributed by atoms with Gasteiger partial charge in [-0.25, -0.2) is 0 Å². The van der Waals surface area contributed by atoms with Gasteiger partial charge >= 0.3 is 0 Å². The van der Waals surface area contributed by atoms with Crippen LogP contribution in [0.25, 0.3) is 0 Å². The highest BCUT2D eigenvalue weighted by atomic mass is 16.5. The third kappa shape index (κ3) is 6.48. The van der Waals surface area contributed by atoms with Gasteiger partial charge in [0.05, 0.1) is 0 Å². The van der Waals surface area contributed by atoms with Gasteiger partial charge in [-0.1, -0.05) is 41.5 Å². The highest BCUT2D eigenvalue weighted by molar-refractivity contribution is 5.82. The van der Waals surface area contributed by atoms with Crippen LogP contribution in [0.1, 0.15) is 67.2 Å². The van der Waals surface area contributed by atoms with Gasteiger partial charge in [-0.05, 0) is 37.5 Å². The van der Waals surface area contributed by atoms with E-state index in [0.717, 1.165) is 65.1 Å². The standard InChI is InChI=1S/C22H40N2O3/c1-21(2,3)19(25)23-11-7-17(8-12-23)15-27-16-18-9-13-24(14-10-18)20(26)22(4,5)6/h17-18H,7-16H2,1-6H3. The Kier molecular flexibility index (Phi) is 7.34. The van der Waals surface area contributed by atoms with Crippen LogP contribution in [0.15, 0.2) is 0 Å². The van der Waals surface area contributed by atoms with Gasteiger partial charge in [-0.3, -0.25) is 9.59 Å². The fourth-order valence-electron chi connectivity index (χ4n) is 3.96. The molecule has 2 aliphatic rings. The van der Waals surface area contributed by atoms with Crippen LogP contribution < -0.4 is 0 Å². The first-order valence-corrected chi connectivity index (χ1v) is 10.6. The molecule has 0 spiro atoms. The van der Waals surface area contributed by atoms with Gasteiger partial charge in [-0.2, -0.15) is 0 Å². The summed E-state index contributed by atoms with van der Waals surface area (Å²) < 4.78 is 6.03. The molecule has 0 aromatic rings. The van der Waals surface area contributed by atoms with Crippen molar-refractivity contribution >= 4 is 11.8 Å². The molecule has 2 aliphatic heterocycles. The zero-order chi connectivity index (χ0) is 20.2. The lowest BCUT2D eigenvalue weighted by atomic mass is 9.91. The van der Waals surface area contributed by atoms with Gasteiger partial charge < -0.3 is 14.5 Å². The molecule has 2 rings (SSSR count). The maximum Gasteiger partial charge on any atom is 0.227 e. The van der Waals surface area contributed by atoms with Crippen LogP contribution in [-0.2, 0) is 14.3 Å². The Labute approximate surface area is 165 Å². The van der Waals surface area contributed by atoms with Crippen LogP contribution in [0.2, 0.25) is 0 Å². The molecule has 2 fully saturated rings. The summed E-state index contributed by atoms with van der Waals surface area (Å²) in [6.07, 6.45) is 4.17. The van der Waals surface area contributed by atoms with Crippen LogP contribution >= 0.6 is 0 Å². The first kappa shape index (κ1) is 22.2. The molecule has 0 saturated carbocycles. The summed E-state index contributed by atoms with van der Waals surface area (Å²) in [5.74, 6) is 1.66. The number of ether oxygens (including phenoxy) is 1. The van der Waals surface area contributed by atoms with Crippen molar-refractivity contribution < 1.29 is 14.3 Å². The highest BCUT2D eigenvalue weighted by Gasteiger charge is 2.32. The van der Waals surface area contributed by atoms with E-state index in [0.29, 0.717) is 11.8 Å². The minimum atomic E-state index is -0.285. The van der Waals surface area contributed by atoms with E-state index in [4.69, 9.17) is 4.74 Å². The van der Waals surface area contributed by atoms with E-state index < -0.39 is 0 Å². The smallest absolute Gasteiger partial charge is 0.227 e. The summed E-state index contributed by atoms with van der Waals surface area (Å²) in [6, 6.07) is 0. The molecule has 0 aromatic heterocycles. The SMILES string of the molecule is CC(C)(C)C(=O)N1CCC(COCC2CCN(C(=O)C(C)(C)C)CC2)CC1. The van der Waals surface area contributed by atoms with E-state index in [1.165, 1.54) is 0 Å². The molecular formula is C22H40N2O3. The maximum absolute atomic E-state index is 12.3. The topological polar surface area (TPSA) is 49.9 Å². The molecule has 156 valence electrons. The van der Waals surface area contributed by atoms with Crippen LogP contribution in [0.3, 0.4) is 0 Å². The summed E-state index contributed by atoms with van der Waals surface area (Å²) in [5, 5.41) is 0. The lowest BCUT2D eigenvalue weighted by Gasteiger charge is -2.37. The summed E-state index contributed by atoms with van der Waals surface area (Å²) >= 11 is 0. The summed E-state index contributed by atoms with van der Waals surface area (Å²) in [5.41, 5.74) is -0.570. The predicted molar refractivity (Wildman–Crippen MR) is 108 cm³/mol. The third-order valence-electron chi connectivity index (χ3n) is 5.79. The predicted octanol–water partition coefficient (Wildman–Crippen LogP) is 3.57. The lowest BCUT2D eigenvalue weighted by Crippen LogP contribution is -2.45. The number of nitrogens with zero attached hydrogens (tertiary/aromatic N) is 2. The van der Waals surface area contributed by atoms with Crippen molar-refractivity contribution in [2.24, 2.45) is 22.7 Å². The Hall–Kier alpha value is -1.10. The van der Waals surface area contributed by atoms with E-state index in [1.807, 2.05) is 51.3 Å². The van der Waals surface area contributed by atoms with Crippen LogP contribution in [0.5, 0.6) is 0 Å². The zero-order valence-electron chi connectivity index (χ0n) is 18.3. The Morgan fingerprint density at radius 1 is 0.704 bits per heavy atom. The molecule has 0 bridgehead atoms. The Bertz CT molecular complexity index is 457. The number of hydrogen-bond acceptors (Lipinski definition) is 3. The van der Waals surface area contributed by atoms with Crippen molar-refractivity contribution in [3.8, 4) is 0 Å². The lowest BCUT2D eigenvalue weighted by molar-refractivity contribution is -0.141. The fourth-order valence-corrected chi connectivity index (χ4v) is 3.96. The van der Waals surface area contributed by atoms with Crippen LogP contribution in [0, 0.1) is 22.7 Å². The molecule has 27 heavy (non-hydrogen) atoms. The second-order valence-electron chi connectivity index (χ2n) is 10.5.